The molecule has 2 aliphatic heterocycles. The molecule has 0 radical (unpaired) electrons. The summed E-state index contributed by atoms with van der Waals surface area (Å²) in [7, 11) is 0. The number of piperidine rings is 1. The van der Waals surface area contributed by atoms with Gasteiger partial charge in [-0.2, -0.15) is 0 Å². The highest BCUT2D eigenvalue weighted by Crippen LogP contribution is 2.51. The molecule has 2 heterocycles. The van der Waals surface area contributed by atoms with Crippen molar-refractivity contribution in [1.82, 2.24) is 5.32 Å². The molecule has 8 atom stereocenters. The van der Waals surface area contributed by atoms with E-state index in [0.29, 0.717) is 12.5 Å². The van der Waals surface area contributed by atoms with E-state index in [9.17, 15) is 9.90 Å². The molecule has 7 unspecified atom stereocenters. The first kappa shape index (κ1) is 18.1. The number of nitrogens with one attached hydrogen (secondary N) is 1. The van der Waals surface area contributed by atoms with Crippen LogP contribution in [0.3, 0.4) is 0 Å². The van der Waals surface area contributed by atoms with E-state index in [4.69, 9.17) is 5.73 Å². The quantitative estimate of drug-likeness (QED) is 0.762. The topological polar surface area (TPSA) is 75.3 Å². The van der Waals surface area contributed by atoms with Gasteiger partial charge in [-0.05, 0) is 47.3 Å². The molecule has 4 nitrogen and oxygen atoms in total. The fourth-order valence-corrected chi connectivity index (χ4v) is 6.19. The lowest BCUT2D eigenvalue weighted by molar-refractivity contribution is -0.128. The van der Waals surface area contributed by atoms with E-state index in [2.05, 4.69) is 54.9 Å². The van der Waals surface area contributed by atoms with Crippen LogP contribution in [0.15, 0.2) is 35.7 Å². The molecule has 1 amide bonds. The lowest BCUT2D eigenvalue weighted by Gasteiger charge is -2.51. The van der Waals surface area contributed by atoms with Gasteiger partial charge in [0.05, 0.1) is 11.4 Å². The predicted molar refractivity (Wildman–Crippen MR) is 106 cm³/mol. The van der Waals surface area contributed by atoms with E-state index < -0.39 is 0 Å². The van der Waals surface area contributed by atoms with Crippen LogP contribution in [0.25, 0.3) is 0 Å². The molecule has 0 aromatic heterocycles. The third kappa shape index (κ3) is 2.90. The van der Waals surface area contributed by atoms with Crippen LogP contribution in [0.4, 0.5) is 0 Å². The Bertz CT molecular complexity index is 704. The van der Waals surface area contributed by atoms with Crippen LogP contribution in [0.1, 0.15) is 43.2 Å². The summed E-state index contributed by atoms with van der Waals surface area (Å²) in [4.78, 5) is 12.5. The van der Waals surface area contributed by atoms with Crippen LogP contribution < -0.4 is 11.1 Å². The van der Waals surface area contributed by atoms with Gasteiger partial charge in [-0.15, -0.1) is 11.8 Å². The number of carbonyl (C=O) groups is 1. The Balaban J connectivity index is 1.69. The second-order valence-electron chi connectivity index (χ2n) is 8.18. The summed E-state index contributed by atoms with van der Waals surface area (Å²) in [6.45, 7) is 4.91. The van der Waals surface area contributed by atoms with Gasteiger partial charge in [-0.3, -0.25) is 4.79 Å². The molecule has 1 saturated heterocycles. The van der Waals surface area contributed by atoms with Gasteiger partial charge < -0.3 is 16.2 Å². The molecule has 4 rings (SSSR count). The minimum Gasteiger partial charge on any atom is -0.392 e. The molecule has 1 saturated carbocycles. The number of amides is 1. The fraction of sp³-hybridized carbons (Fsp3) is 0.571. The van der Waals surface area contributed by atoms with Gasteiger partial charge in [0.15, 0.2) is 0 Å². The summed E-state index contributed by atoms with van der Waals surface area (Å²) >= 11 is 1.61. The van der Waals surface area contributed by atoms with Crippen molar-refractivity contribution in [2.24, 2.45) is 23.5 Å². The lowest BCUT2D eigenvalue weighted by atomic mass is 9.60. The molecule has 1 aliphatic carbocycles. The Morgan fingerprint density at radius 3 is 2.77 bits per heavy atom. The molecule has 2 fully saturated rings. The number of benzene rings is 1. The third-order valence-electron chi connectivity index (χ3n) is 6.60. The van der Waals surface area contributed by atoms with E-state index in [1.54, 1.807) is 11.8 Å². The molecule has 0 bridgehead atoms. The predicted octanol–water partition coefficient (Wildman–Crippen LogP) is 2.59. The second-order valence-corrected chi connectivity index (χ2v) is 9.24. The smallest absolute Gasteiger partial charge is 0.234 e. The number of rotatable bonds is 3. The Morgan fingerprint density at radius 2 is 2.08 bits per heavy atom. The fourth-order valence-electron chi connectivity index (χ4n) is 5.10. The van der Waals surface area contributed by atoms with Crippen LogP contribution in [0.2, 0.25) is 0 Å². The zero-order chi connectivity index (χ0) is 18.4. The van der Waals surface area contributed by atoms with Crippen LogP contribution in [-0.4, -0.2) is 35.0 Å². The maximum Gasteiger partial charge on any atom is 0.234 e. The van der Waals surface area contributed by atoms with Crippen molar-refractivity contribution in [1.29, 1.82) is 0 Å². The summed E-state index contributed by atoms with van der Waals surface area (Å²) < 4.78 is 0. The maximum absolute atomic E-state index is 12.5. The van der Waals surface area contributed by atoms with E-state index in [1.165, 1.54) is 11.1 Å². The van der Waals surface area contributed by atoms with Crippen LogP contribution in [0, 0.1) is 17.8 Å². The van der Waals surface area contributed by atoms with Crippen LogP contribution in [-0.2, 0) is 4.79 Å². The van der Waals surface area contributed by atoms with Crippen molar-refractivity contribution < 1.29 is 9.90 Å². The standard InChI is InChI=1S/C21H28N2O2S/c1-11-9-16(24)17(14-5-3-13(4-6-14)12(2)10-22)18-15-7-8-26-20(15)21(25)23-19(11)18/h3-8,11-12,15-20,24H,9-10,22H2,1-2H3,(H,23,25)/t11?,12-,15?,16?,17?,18?,19?,20?/m1/s1. The Hall–Kier alpha value is -1.30. The van der Waals surface area contributed by atoms with Crippen molar-refractivity contribution in [3.63, 3.8) is 0 Å². The molecular formula is C21H28N2O2S. The molecule has 1 aromatic rings. The highest BCUT2D eigenvalue weighted by atomic mass is 32.2. The highest BCUT2D eigenvalue weighted by molar-refractivity contribution is 8.03. The minimum atomic E-state index is -0.376. The molecule has 0 spiro atoms. The Morgan fingerprint density at radius 1 is 1.35 bits per heavy atom. The van der Waals surface area contributed by atoms with Gasteiger partial charge in [-0.25, -0.2) is 0 Å². The van der Waals surface area contributed by atoms with Crippen molar-refractivity contribution >= 4 is 17.7 Å². The molecule has 26 heavy (non-hydrogen) atoms. The van der Waals surface area contributed by atoms with E-state index in [-0.39, 0.29) is 47.0 Å². The van der Waals surface area contributed by atoms with Crippen LogP contribution in [0.5, 0.6) is 0 Å². The van der Waals surface area contributed by atoms with E-state index in [0.717, 1.165) is 6.42 Å². The number of hydrogen-bond donors (Lipinski definition) is 3. The van der Waals surface area contributed by atoms with Gasteiger partial charge in [-0.1, -0.05) is 44.2 Å². The molecular weight excluding hydrogens is 344 g/mol. The van der Waals surface area contributed by atoms with Crippen molar-refractivity contribution in [2.45, 2.75) is 49.5 Å². The van der Waals surface area contributed by atoms with Gasteiger partial charge in [0.1, 0.15) is 0 Å². The number of hydrogen-bond acceptors (Lipinski definition) is 4. The number of fused-ring (bicyclic) bond motifs is 3. The molecule has 5 heteroatoms. The molecule has 3 aliphatic rings. The summed E-state index contributed by atoms with van der Waals surface area (Å²) in [6, 6.07) is 8.72. The molecule has 140 valence electrons. The maximum atomic E-state index is 12.5. The normalized spacial score (nSPS) is 39.8. The molecule has 4 N–H and O–H groups in total. The number of aliphatic hydroxyl groups is 1. The van der Waals surface area contributed by atoms with Crippen molar-refractivity contribution in [3.8, 4) is 0 Å². The van der Waals surface area contributed by atoms with E-state index >= 15 is 0 Å². The summed E-state index contributed by atoms with van der Waals surface area (Å²) in [5.74, 6) is 1.26. The largest absolute Gasteiger partial charge is 0.392 e. The van der Waals surface area contributed by atoms with Gasteiger partial charge >= 0.3 is 0 Å². The highest BCUT2D eigenvalue weighted by Gasteiger charge is 2.53. The SMILES string of the molecule is CC1CC(O)C(c2ccc([C@H](C)CN)cc2)C2C3C=CSC3C(=O)NC12. The van der Waals surface area contributed by atoms with Crippen LogP contribution >= 0.6 is 11.8 Å². The Kier molecular flexibility index (Phi) is 4.88. The monoisotopic (exact) mass is 372 g/mol. The first-order valence-electron chi connectivity index (χ1n) is 9.61. The molecule has 1 aromatic carbocycles. The van der Waals surface area contributed by atoms with Crippen molar-refractivity contribution in [3.05, 3.63) is 46.9 Å². The second kappa shape index (κ2) is 7.02. The number of nitrogens with two attached hydrogens (primary N) is 1. The minimum absolute atomic E-state index is 0.0483. The van der Waals surface area contributed by atoms with Crippen molar-refractivity contribution in [2.75, 3.05) is 6.54 Å². The zero-order valence-electron chi connectivity index (χ0n) is 15.3. The van der Waals surface area contributed by atoms with E-state index in [1.807, 2.05) is 0 Å². The van der Waals surface area contributed by atoms with Gasteiger partial charge in [0.25, 0.3) is 0 Å². The summed E-state index contributed by atoms with van der Waals surface area (Å²) in [5, 5.41) is 16.3. The summed E-state index contributed by atoms with van der Waals surface area (Å²) in [6.07, 6.45) is 2.54. The van der Waals surface area contributed by atoms with Gasteiger partial charge in [0, 0.05) is 17.9 Å². The first-order valence-corrected chi connectivity index (χ1v) is 10.6. The first-order chi connectivity index (χ1) is 12.5. The average Bonchev–Trinajstić information content (AvgIpc) is 3.13. The lowest BCUT2D eigenvalue weighted by Crippen LogP contribution is -2.62. The number of thioether (sulfide) groups is 1. The third-order valence-corrected chi connectivity index (χ3v) is 7.74. The number of carbonyl (C=O) groups excluding carboxylic acids is 1. The van der Waals surface area contributed by atoms with Gasteiger partial charge in [0.2, 0.25) is 5.91 Å². The zero-order valence-corrected chi connectivity index (χ0v) is 16.2. The summed E-state index contributed by atoms with van der Waals surface area (Å²) in [5.41, 5.74) is 8.20. The number of allylic oxidation sites excluding steroid dienone is 1. The number of aliphatic hydroxyl groups excluding tert-OH is 1. The Labute approximate surface area is 159 Å². The average molecular weight is 373 g/mol.